The summed E-state index contributed by atoms with van der Waals surface area (Å²) in [6.07, 6.45) is 5.28. The number of rotatable bonds is 14. The van der Waals surface area contributed by atoms with Gasteiger partial charge in [-0.15, -0.1) is 0 Å². The number of aromatic nitrogens is 2. The molecule has 3 atom stereocenters. The maximum absolute atomic E-state index is 12.3. The molecule has 11 heteroatoms. The molecular formula is C35H40N4O6S. The molecule has 0 bridgehead atoms. The van der Waals surface area contributed by atoms with Crippen molar-refractivity contribution >= 4 is 23.6 Å². The van der Waals surface area contributed by atoms with Crippen LogP contribution in [0.25, 0.3) is 11.1 Å². The predicted octanol–water partition coefficient (Wildman–Crippen LogP) is 5.60. The Morgan fingerprint density at radius 2 is 1.67 bits per heavy atom. The first kappa shape index (κ1) is 33.4. The highest BCUT2D eigenvalue weighted by atomic mass is 32.2. The maximum Gasteiger partial charge on any atom is 0.243 e. The number of nitrogens with zero attached hydrogens (tertiary/aromatic N) is 2. The monoisotopic (exact) mass is 644 g/mol. The predicted molar refractivity (Wildman–Crippen MR) is 174 cm³/mol. The van der Waals surface area contributed by atoms with Crippen LogP contribution in [0.2, 0.25) is 0 Å². The zero-order chi connectivity index (χ0) is 32.3. The number of aryl methyl sites for hydroxylation is 1. The molecule has 0 aliphatic carbocycles. The summed E-state index contributed by atoms with van der Waals surface area (Å²) in [6.45, 7) is 0.406. The van der Waals surface area contributed by atoms with Crippen molar-refractivity contribution in [3.05, 3.63) is 107 Å². The van der Waals surface area contributed by atoms with Crippen molar-refractivity contribution in [3.8, 4) is 11.1 Å². The Balaban J connectivity index is 1.22. The molecule has 0 unspecified atom stereocenters. The number of unbranched alkanes of at least 4 members (excludes halogenated alkanes) is 1. The van der Waals surface area contributed by atoms with Crippen LogP contribution in [0.1, 0.15) is 66.8 Å². The van der Waals surface area contributed by atoms with Gasteiger partial charge < -0.3 is 24.5 Å². The van der Waals surface area contributed by atoms with Crippen LogP contribution < -0.4 is 10.8 Å². The van der Waals surface area contributed by atoms with Gasteiger partial charge in [-0.1, -0.05) is 78.5 Å². The molecule has 4 N–H and O–H groups in total. The second kappa shape index (κ2) is 16.5. The van der Waals surface area contributed by atoms with Crippen LogP contribution in [0.15, 0.2) is 90.3 Å². The van der Waals surface area contributed by atoms with Gasteiger partial charge in [0, 0.05) is 56.6 Å². The molecule has 1 fully saturated rings. The first-order valence-corrected chi connectivity index (χ1v) is 16.4. The third-order valence-corrected chi connectivity index (χ3v) is 9.10. The van der Waals surface area contributed by atoms with E-state index in [1.165, 1.54) is 0 Å². The van der Waals surface area contributed by atoms with Gasteiger partial charge in [0.15, 0.2) is 11.4 Å². The largest absolute Gasteiger partial charge is 0.392 e. The van der Waals surface area contributed by atoms with Crippen molar-refractivity contribution in [1.82, 2.24) is 20.3 Å². The van der Waals surface area contributed by atoms with Crippen LogP contribution in [0.3, 0.4) is 0 Å². The van der Waals surface area contributed by atoms with Gasteiger partial charge in [-0.3, -0.25) is 14.8 Å². The number of carbonyl (C=O) groups excluding carboxylic acids is 2. The Morgan fingerprint density at radius 1 is 0.935 bits per heavy atom. The van der Waals surface area contributed by atoms with E-state index in [0.29, 0.717) is 32.2 Å². The Hall–Kier alpha value is -4.00. The number of imidazole rings is 1. The number of hydrogen-bond donors (Lipinski definition) is 4. The molecule has 0 spiro atoms. The fraction of sp³-hybridized carbons (Fsp3) is 0.343. The number of aliphatic hydroxyl groups is 1. The lowest BCUT2D eigenvalue weighted by Gasteiger charge is -2.36. The number of ether oxygens (including phenoxy) is 2. The van der Waals surface area contributed by atoms with Crippen LogP contribution in [0, 0.1) is 0 Å². The van der Waals surface area contributed by atoms with E-state index in [0.717, 1.165) is 44.3 Å². The normalized spacial score (nSPS) is 17.8. The van der Waals surface area contributed by atoms with Gasteiger partial charge in [0.05, 0.1) is 18.8 Å². The highest BCUT2D eigenvalue weighted by molar-refractivity contribution is 7.99. The standard InChI is InChI=1S/C35H40N4O6S/c1-39-18-17-36-35(39)46-23-30-20-31(27-11-9-24(22-40)10-12-27)45-34(44-30)28-15-13-26(14-16-28)29-6-4-5-25(19-29)21-37-32(41)7-2-3-8-33(42)38-43/h4-6,9-19,30-31,34,40,43H,2-3,7-8,20-23H2,1H3,(H,37,41)(H,38,42)/t30-,31+,34+/m1/s1. The molecule has 2 amide bonds. The lowest BCUT2D eigenvalue weighted by Crippen LogP contribution is -2.31. The van der Waals surface area contributed by atoms with E-state index in [-0.39, 0.29) is 31.1 Å². The van der Waals surface area contributed by atoms with E-state index in [9.17, 15) is 14.7 Å². The molecule has 1 saturated heterocycles. The van der Waals surface area contributed by atoms with Crippen molar-refractivity contribution in [1.29, 1.82) is 0 Å². The van der Waals surface area contributed by atoms with E-state index in [1.807, 2.05) is 72.4 Å². The van der Waals surface area contributed by atoms with Gasteiger partial charge in [0.25, 0.3) is 0 Å². The van der Waals surface area contributed by atoms with Gasteiger partial charge in [-0.2, -0.15) is 0 Å². The highest BCUT2D eigenvalue weighted by Gasteiger charge is 2.32. The zero-order valence-corrected chi connectivity index (χ0v) is 26.6. The van der Waals surface area contributed by atoms with Crippen LogP contribution in [-0.4, -0.2) is 43.5 Å². The Bertz CT molecular complexity index is 1580. The quantitative estimate of drug-likeness (QED) is 0.0603. The van der Waals surface area contributed by atoms with E-state index in [4.69, 9.17) is 14.7 Å². The summed E-state index contributed by atoms with van der Waals surface area (Å²) >= 11 is 1.66. The van der Waals surface area contributed by atoms with Crippen LogP contribution in [0.5, 0.6) is 0 Å². The number of hydrogen-bond acceptors (Lipinski definition) is 8. The van der Waals surface area contributed by atoms with E-state index in [1.54, 1.807) is 23.4 Å². The van der Waals surface area contributed by atoms with Crippen molar-refractivity contribution in [2.45, 2.75) is 68.9 Å². The van der Waals surface area contributed by atoms with Crippen LogP contribution >= 0.6 is 11.8 Å². The number of aliphatic hydroxyl groups excluding tert-OH is 1. The minimum Gasteiger partial charge on any atom is -0.392 e. The number of benzene rings is 3. The van der Waals surface area contributed by atoms with Crippen molar-refractivity contribution < 1.29 is 29.4 Å². The average Bonchev–Trinajstić information content (AvgIpc) is 3.52. The van der Waals surface area contributed by atoms with E-state index in [2.05, 4.69) is 28.5 Å². The first-order chi connectivity index (χ1) is 22.4. The molecule has 3 aromatic carbocycles. The fourth-order valence-electron chi connectivity index (χ4n) is 5.29. The molecular weight excluding hydrogens is 604 g/mol. The van der Waals surface area contributed by atoms with E-state index < -0.39 is 12.2 Å². The summed E-state index contributed by atoms with van der Waals surface area (Å²) < 4.78 is 15.0. The average molecular weight is 645 g/mol. The van der Waals surface area contributed by atoms with Gasteiger partial charge in [0.2, 0.25) is 11.8 Å². The van der Waals surface area contributed by atoms with Crippen molar-refractivity contribution in [2.24, 2.45) is 7.05 Å². The number of thioether (sulfide) groups is 1. The Labute approximate surface area is 273 Å². The molecule has 10 nitrogen and oxygen atoms in total. The topological polar surface area (TPSA) is 135 Å². The van der Waals surface area contributed by atoms with Gasteiger partial charge >= 0.3 is 0 Å². The number of nitrogens with one attached hydrogen (secondary N) is 2. The molecule has 5 rings (SSSR count). The molecule has 1 aliphatic heterocycles. The summed E-state index contributed by atoms with van der Waals surface area (Å²) in [6, 6.07) is 24.1. The lowest BCUT2D eigenvalue weighted by atomic mass is 9.99. The molecule has 1 aliphatic rings. The van der Waals surface area contributed by atoms with E-state index >= 15 is 0 Å². The third kappa shape index (κ3) is 9.27. The van der Waals surface area contributed by atoms with Gasteiger partial charge in [-0.05, 0) is 46.7 Å². The second-order valence-corrected chi connectivity index (χ2v) is 12.3. The lowest BCUT2D eigenvalue weighted by molar-refractivity contribution is -0.245. The highest BCUT2D eigenvalue weighted by Crippen LogP contribution is 2.39. The molecule has 0 radical (unpaired) electrons. The first-order valence-electron chi connectivity index (χ1n) is 15.4. The SMILES string of the molecule is Cn1ccnc1SC[C@H]1C[C@@H](c2ccc(CO)cc2)O[C@@H](c2ccc(-c3cccc(CNC(=O)CCCCC(=O)NO)c3)cc2)O1. The number of amides is 2. The maximum atomic E-state index is 12.3. The molecule has 4 aromatic rings. The van der Waals surface area contributed by atoms with Crippen LogP contribution in [0.4, 0.5) is 0 Å². The van der Waals surface area contributed by atoms with Gasteiger partial charge in [-0.25, -0.2) is 10.5 Å². The molecule has 0 saturated carbocycles. The molecule has 242 valence electrons. The van der Waals surface area contributed by atoms with Crippen molar-refractivity contribution in [3.63, 3.8) is 0 Å². The van der Waals surface area contributed by atoms with Crippen LogP contribution in [-0.2, 0) is 39.3 Å². The Morgan fingerprint density at radius 3 is 2.37 bits per heavy atom. The number of carbonyl (C=O) groups is 2. The van der Waals surface area contributed by atoms with Crippen molar-refractivity contribution in [2.75, 3.05) is 5.75 Å². The Kier molecular flexibility index (Phi) is 12.0. The zero-order valence-electron chi connectivity index (χ0n) is 25.8. The minimum absolute atomic E-state index is 0.000583. The smallest absolute Gasteiger partial charge is 0.243 e. The summed E-state index contributed by atoms with van der Waals surface area (Å²) in [4.78, 5) is 27.8. The fourth-order valence-corrected chi connectivity index (χ4v) is 6.24. The summed E-state index contributed by atoms with van der Waals surface area (Å²) in [5, 5.41) is 21.9. The molecule has 2 heterocycles. The van der Waals surface area contributed by atoms with Gasteiger partial charge in [0.1, 0.15) is 0 Å². The molecule has 46 heavy (non-hydrogen) atoms. The minimum atomic E-state index is -0.545. The number of hydroxylamine groups is 1. The molecule has 1 aromatic heterocycles. The third-order valence-electron chi connectivity index (χ3n) is 7.91. The summed E-state index contributed by atoms with van der Waals surface area (Å²) in [5.41, 5.74) is 7.48. The summed E-state index contributed by atoms with van der Waals surface area (Å²) in [5.74, 6) is 0.210. The second-order valence-electron chi connectivity index (χ2n) is 11.3. The summed E-state index contributed by atoms with van der Waals surface area (Å²) in [7, 11) is 1.98.